The van der Waals surface area contributed by atoms with Crippen LogP contribution in [0.25, 0.3) is 0 Å². The van der Waals surface area contributed by atoms with E-state index in [9.17, 15) is 0 Å². The third-order valence-corrected chi connectivity index (χ3v) is 3.78. The van der Waals surface area contributed by atoms with Crippen LogP contribution in [0.4, 0.5) is 0 Å². The summed E-state index contributed by atoms with van der Waals surface area (Å²) in [7, 11) is 5.00. The van der Waals surface area contributed by atoms with Gasteiger partial charge in [-0.25, -0.2) is 0 Å². The highest BCUT2D eigenvalue weighted by Gasteiger charge is 2.26. The molecule has 1 aromatic rings. The zero-order valence-corrected chi connectivity index (χ0v) is 12.4. The Kier molecular flexibility index (Phi) is 4.20. The van der Waals surface area contributed by atoms with Crippen LogP contribution in [0.5, 0.6) is 17.2 Å². The van der Waals surface area contributed by atoms with Crippen LogP contribution in [0.1, 0.15) is 25.0 Å². The second-order valence-electron chi connectivity index (χ2n) is 5.10. The molecule has 0 amide bonds. The highest BCUT2D eigenvalue weighted by atomic mass is 16.5. The van der Waals surface area contributed by atoms with Crippen molar-refractivity contribution >= 4 is 0 Å². The number of hydrogen-bond donors (Lipinski definition) is 0. The molecule has 0 aliphatic carbocycles. The van der Waals surface area contributed by atoms with Crippen molar-refractivity contribution in [1.29, 1.82) is 0 Å². The van der Waals surface area contributed by atoms with Crippen molar-refractivity contribution < 1.29 is 14.2 Å². The van der Waals surface area contributed by atoms with Crippen LogP contribution in [-0.4, -0.2) is 38.8 Å². The molecule has 0 saturated heterocycles. The van der Waals surface area contributed by atoms with E-state index < -0.39 is 0 Å². The Bertz CT molecular complexity index is 457. The molecule has 0 N–H and O–H groups in total. The van der Waals surface area contributed by atoms with E-state index in [4.69, 9.17) is 14.2 Å². The maximum Gasteiger partial charge on any atom is 0.203 e. The maximum atomic E-state index is 5.55. The Morgan fingerprint density at radius 3 is 2.26 bits per heavy atom. The maximum absolute atomic E-state index is 5.55. The van der Waals surface area contributed by atoms with Gasteiger partial charge >= 0.3 is 0 Å². The Morgan fingerprint density at radius 2 is 1.74 bits per heavy atom. The fraction of sp³-hybridized carbons (Fsp3) is 0.600. The molecule has 106 valence electrons. The van der Waals surface area contributed by atoms with Gasteiger partial charge in [0.15, 0.2) is 11.5 Å². The number of benzene rings is 1. The summed E-state index contributed by atoms with van der Waals surface area (Å²) in [6.45, 7) is 6.44. The highest BCUT2D eigenvalue weighted by molar-refractivity contribution is 5.59. The molecule has 0 saturated carbocycles. The molecule has 1 aliphatic heterocycles. The Balaban J connectivity index is 2.48. The van der Waals surface area contributed by atoms with Crippen molar-refractivity contribution in [3.63, 3.8) is 0 Å². The first-order valence-corrected chi connectivity index (χ1v) is 6.67. The number of fused-ring (bicyclic) bond motifs is 1. The summed E-state index contributed by atoms with van der Waals surface area (Å²) in [5.74, 6) is 2.26. The van der Waals surface area contributed by atoms with Crippen LogP contribution in [0.2, 0.25) is 0 Å². The van der Waals surface area contributed by atoms with E-state index in [0.717, 1.165) is 31.0 Å². The predicted octanol–water partition coefficient (Wildman–Crippen LogP) is 2.48. The standard InChI is InChI=1S/C15H23NO3/c1-10(2)16-7-6-12-11(9-16)8-13(17-3)15(19-5)14(12)18-4/h8,10H,6-7,9H2,1-5H3. The minimum Gasteiger partial charge on any atom is -0.493 e. The molecule has 0 aromatic heterocycles. The van der Waals surface area contributed by atoms with E-state index in [1.54, 1.807) is 21.3 Å². The molecule has 0 atom stereocenters. The minimum absolute atomic E-state index is 0.548. The van der Waals surface area contributed by atoms with Crippen molar-refractivity contribution in [1.82, 2.24) is 4.90 Å². The van der Waals surface area contributed by atoms with Crippen LogP contribution >= 0.6 is 0 Å². The Labute approximate surface area is 115 Å². The molecule has 1 aliphatic rings. The van der Waals surface area contributed by atoms with Gasteiger partial charge in [0.2, 0.25) is 5.75 Å². The van der Waals surface area contributed by atoms with Crippen molar-refractivity contribution in [2.24, 2.45) is 0 Å². The van der Waals surface area contributed by atoms with Crippen LogP contribution in [0, 0.1) is 0 Å². The number of ether oxygens (including phenoxy) is 3. The lowest BCUT2D eigenvalue weighted by Crippen LogP contribution is -2.36. The molecule has 0 radical (unpaired) electrons. The van der Waals surface area contributed by atoms with E-state index in [0.29, 0.717) is 11.8 Å². The van der Waals surface area contributed by atoms with E-state index in [-0.39, 0.29) is 0 Å². The number of rotatable bonds is 4. The van der Waals surface area contributed by atoms with Crippen LogP contribution in [0.15, 0.2) is 6.07 Å². The fourth-order valence-corrected chi connectivity index (χ4v) is 2.68. The molecular weight excluding hydrogens is 242 g/mol. The quantitative estimate of drug-likeness (QED) is 0.837. The number of methoxy groups -OCH3 is 3. The fourth-order valence-electron chi connectivity index (χ4n) is 2.68. The Hall–Kier alpha value is -1.42. The largest absolute Gasteiger partial charge is 0.493 e. The summed E-state index contributed by atoms with van der Waals surface area (Å²) >= 11 is 0. The average molecular weight is 265 g/mol. The molecule has 1 aromatic carbocycles. The predicted molar refractivity (Wildman–Crippen MR) is 75.3 cm³/mol. The molecule has 4 heteroatoms. The van der Waals surface area contributed by atoms with Gasteiger partial charge < -0.3 is 14.2 Å². The smallest absolute Gasteiger partial charge is 0.203 e. The summed E-state index contributed by atoms with van der Waals surface area (Å²) in [6, 6.07) is 2.62. The molecule has 0 fully saturated rings. The lowest BCUT2D eigenvalue weighted by atomic mass is 9.96. The topological polar surface area (TPSA) is 30.9 Å². The lowest BCUT2D eigenvalue weighted by Gasteiger charge is -2.33. The lowest BCUT2D eigenvalue weighted by molar-refractivity contribution is 0.200. The van der Waals surface area contributed by atoms with E-state index in [2.05, 4.69) is 24.8 Å². The minimum atomic E-state index is 0.548. The molecule has 19 heavy (non-hydrogen) atoms. The van der Waals surface area contributed by atoms with Gasteiger partial charge in [0, 0.05) is 24.7 Å². The number of hydrogen-bond acceptors (Lipinski definition) is 4. The molecule has 4 nitrogen and oxygen atoms in total. The summed E-state index contributed by atoms with van der Waals surface area (Å²) in [4.78, 5) is 2.45. The van der Waals surface area contributed by atoms with Gasteiger partial charge in [-0.05, 0) is 31.9 Å². The number of nitrogens with zero attached hydrogens (tertiary/aromatic N) is 1. The van der Waals surface area contributed by atoms with Gasteiger partial charge in [0.05, 0.1) is 21.3 Å². The van der Waals surface area contributed by atoms with Crippen molar-refractivity contribution in [2.75, 3.05) is 27.9 Å². The van der Waals surface area contributed by atoms with Gasteiger partial charge in [-0.15, -0.1) is 0 Å². The summed E-state index contributed by atoms with van der Waals surface area (Å²) in [5.41, 5.74) is 2.52. The summed E-state index contributed by atoms with van der Waals surface area (Å²) in [5, 5.41) is 0. The van der Waals surface area contributed by atoms with Crippen molar-refractivity contribution in [3.05, 3.63) is 17.2 Å². The van der Waals surface area contributed by atoms with Crippen molar-refractivity contribution in [2.45, 2.75) is 32.9 Å². The third-order valence-electron chi connectivity index (χ3n) is 3.78. The molecule has 2 rings (SSSR count). The average Bonchev–Trinajstić information content (AvgIpc) is 2.43. The molecular formula is C15H23NO3. The van der Waals surface area contributed by atoms with Gasteiger partial charge in [-0.3, -0.25) is 4.90 Å². The first-order chi connectivity index (χ1) is 9.12. The van der Waals surface area contributed by atoms with E-state index >= 15 is 0 Å². The molecule has 0 spiro atoms. The Morgan fingerprint density at radius 1 is 1.05 bits per heavy atom. The SMILES string of the molecule is COc1cc2c(c(OC)c1OC)CCN(C(C)C)C2. The highest BCUT2D eigenvalue weighted by Crippen LogP contribution is 2.43. The van der Waals surface area contributed by atoms with Gasteiger partial charge in [0.1, 0.15) is 0 Å². The van der Waals surface area contributed by atoms with Crippen LogP contribution in [0.3, 0.4) is 0 Å². The van der Waals surface area contributed by atoms with Crippen molar-refractivity contribution in [3.8, 4) is 17.2 Å². The van der Waals surface area contributed by atoms with Crippen LogP contribution < -0.4 is 14.2 Å². The normalized spacial score (nSPS) is 15.3. The van der Waals surface area contributed by atoms with Gasteiger partial charge in [-0.1, -0.05) is 0 Å². The molecule has 1 heterocycles. The zero-order chi connectivity index (χ0) is 14.0. The first-order valence-electron chi connectivity index (χ1n) is 6.67. The van der Waals surface area contributed by atoms with E-state index in [1.807, 2.05) is 0 Å². The second kappa shape index (κ2) is 5.70. The van der Waals surface area contributed by atoms with Gasteiger partial charge in [-0.2, -0.15) is 0 Å². The van der Waals surface area contributed by atoms with Gasteiger partial charge in [0.25, 0.3) is 0 Å². The second-order valence-corrected chi connectivity index (χ2v) is 5.10. The van der Waals surface area contributed by atoms with E-state index in [1.165, 1.54) is 11.1 Å². The monoisotopic (exact) mass is 265 g/mol. The zero-order valence-electron chi connectivity index (χ0n) is 12.4. The first kappa shape index (κ1) is 14.0. The van der Waals surface area contributed by atoms with Crippen LogP contribution in [-0.2, 0) is 13.0 Å². The summed E-state index contributed by atoms with van der Waals surface area (Å²) in [6.07, 6.45) is 0.983. The molecule has 0 bridgehead atoms. The summed E-state index contributed by atoms with van der Waals surface area (Å²) < 4.78 is 16.4. The molecule has 0 unspecified atom stereocenters. The third kappa shape index (κ3) is 2.50.